The van der Waals surface area contributed by atoms with Gasteiger partial charge in [-0.25, -0.2) is 0 Å². The molecule has 0 aliphatic heterocycles. The Morgan fingerprint density at radius 2 is 1.87 bits per heavy atom. The van der Waals surface area contributed by atoms with E-state index in [1.54, 1.807) is 0 Å². The third-order valence-corrected chi connectivity index (χ3v) is 2.00. The van der Waals surface area contributed by atoms with Crippen LogP contribution in [-0.2, 0) is 4.57 Å². The SMILES string of the molecule is O=P#Cc1ccc(C(=O)O)cc1C(=O)O. The molecule has 0 aromatic heterocycles. The van der Waals surface area contributed by atoms with Crippen molar-refractivity contribution in [3.05, 3.63) is 34.9 Å². The molecule has 0 saturated heterocycles. The van der Waals surface area contributed by atoms with Gasteiger partial charge in [0.1, 0.15) is 0 Å². The van der Waals surface area contributed by atoms with Crippen LogP contribution in [0.25, 0.3) is 0 Å². The van der Waals surface area contributed by atoms with Crippen LogP contribution in [0.15, 0.2) is 18.2 Å². The van der Waals surface area contributed by atoms with Gasteiger partial charge in [-0.2, -0.15) is 0 Å². The molecule has 0 radical (unpaired) electrons. The fourth-order valence-electron chi connectivity index (χ4n) is 1.00. The van der Waals surface area contributed by atoms with Gasteiger partial charge in [-0.1, -0.05) is 0 Å². The predicted octanol–water partition coefficient (Wildman–Crippen LogP) is 1.68. The molecule has 1 rings (SSSR count). The molecule has 0 fully saturated rings. The summed E-state index contributed by atoms with van der Waals surface area (Å²) in [6.45, 7) is 0. The summed E-state index contributed by atoms with van der Waals surface area (Å²) in [5.74, 6) is -2.51. The first kappa shape index (κ1) is 11.2. The van der Waals surface area contributed by atoms with Crippen LogP contribution in [0.3, 0.4) is 0 Å². The summed E-state index contributed by atoms with van der Waals surface area (Å²) in [5, 5.41) is 17.4. The molecule has 0 saturated carbocycles. The number of carboxylic acids is 2. The van der Waals surface area contributed by atoms with Crippen LogP contribution in [0.1, 0.15) is 26.3 Å². The Morgan fingerprint density at radius 1 is 1.20 bits per heavy atom. The molecule has 0 amide bonds. The van der Waals surface area contributed by atoms with E-state index in [0.29, 0.717) is 0 Å². The van der Waals surface area contributed by atoms with Crippen molar-refractivity contribution >= 4 is 19.9 Å². The van der Waals surface area contributed by atoms with E-state index in [9.17, 15) is 14.2 Å². The summed E-state index contributed by atoms with van der Waals surface area (Å²) in [5.41, 5.74) is 1.99. The van der Waals surface area contributed by atoms with E-state index in [-0.39, 0.29) is 16.7 Å². The zero-order chi connectivity index (χ0) is 11.4. The van der Waals surface area contributed by atoms with Crippen molar-refractivity contribution in [1.82, 2.24) is 0 Å². The number of hydrogen-bond donors (Lipinski definition) is 2. The van der Waals surface area contributed by atoms with E-state index in [1.165, 1.54) is 12.1 Å². The van der Waals surface area contributed by atoms with E-state index < -0.39 is 19.9 Å². The first-order valence-corrected chi connectivity index (χ1v) is 4.56. The third-order valence-electron chi connectivity index (χ3n) is 1.66. The average Bonchev–Trinajstić information content (AvgIpc) is 2.18. The maximum atomic E-state index is 10.7. The van der Waals surface area contributed by atoms with E-state index in [4.69, 9.17) is 10.2 Å². The van der Waals surface area contributed by atoms with Crippen molar-refractivity contribution in [1.29, 1.82) is 0 Å². The molecule has 15 heavy (non-hydrogen) atoms. The third kappa shape index (κ3) is 2.56. The number of hydrogen-bond acceptors (Lipinski definition) is 3. The quantitative estimate of drug-likeness (QED) is 0.745. The summed E-state index contributed by atoms with van der Waals surface area (Å²) in [6.07, 6.45) is 0. The molecule has 2 N–H and O–H groups in total. The molecule has 1 aromatic rings. The number of carbonyl (C=O) groups is 2. The van der Waals surface area contributed by atoms with Crippen molar-refractivity contribution in [2.24, 2.45) is 0 Å². The number of aromatic carboxylic acids is 2. The standard InChI is InChI=1S/C9H5O5P/c10-8(11)5-1-2-6(4-15-14)7(3-5)9(12)13/h1-3H,(H,10,11)(H,12,13). The predicted molar refractivity (Wildman–Crippen MR) is 51.0 cm³/mol. The van der Waals surface area contributed by atoms with Gasteiger partial charge in [0, 0.05) is 0 Å². The van der Waals surface area contributed by atoms with Gasteiger partial charge in [0.05, 0.1) is 0 Å². The summed E-state index contributed by atoms with van der Waals surface area (Å²) in [4.78, 5) is 21.3. The van der Waals surface area contributed by atoms with E-state index in [0.717, 1.165) is 6.07 Å². The van der Waals surface area contributed by atoms with Gasteiger partial charge >= 0.3 is 84.7 Å². The van der Waals surface area contributed by atoms with Crippen LogP contribution < -0.4 is 0 Å². The number of benzene rings is 1. The topological polar surface area (TPSA) is 91.7 Å². The van der Waals surface area contributed by atoms with Gasteiger partial charge in [-0.3, -0.25) is 0 Å². The second-order valence-corrected chi connectivity index (χ2v) is 2.98. The first-order chi connectivity index (χ1) is 7.06. The Labute approximate surface area is 85.5 Å². The molecular formula is C9H5O5P. The van der Waals surface area contributed by atoms with E-state index in [2.05, 4.69) is 5.63 Å². The first-order valence-electron chi connectivity index (χ1n) is 3.75. The Bertz CT molecular complexity index is 528. The van der Waals surface area contributed by atoms with Crippen molar-refractivity contribution < 1.29 is 24.4 Å². The zero-order valence-corrected chi connectivity index (χ0v) is 8.19. The fraction of sp³-hybridized carbons (Fsp3) is 0. The van der Waals surface area contributed by atoms with Crippen LogP contribution >= 0.6 is 7.92 Å². The zero-order valence-electron chi connectivity index (χ0n) is 7.30. The fourth-order valence-corrected chi connectivity index (χ4v) is 1.29. The van der Waals surface area contributed by atoms with Gasteiger partial charge in [0.25, 0.3) is 0 Å². The van der Waals surface area contributed by atoms with Gasteiger partial charge in [0.2, 0.25) is 0 Å². The molecule has 76 valence electrons. The van der Waals surface area contributed by atoms with E-state index in [1.807, 2.05) is 0 Å². The molecular weight excluding hydrogens is 219 g/mol. The van der Waals surface area contributed by atoms with Crippen LogP contribution in [0.5, 0.6) is 0 Å². The Kier molecular flexibility index (Phi) is 3.45. The Morgan fingerprint density at radius 3 is 2.33 bits per heavy atom. The van der Waals surface area contributed by atoms with Gasteiger partial charge in [0.15, 0.2) is 0 Å². The van der Waals surface area contributed by atoms with Gasteiger partial charge in [-0.05, 0) is 0 Å². The average molecular weight is 224 g/mol. The molecule has 0 aliphatic carbocycles. The molecule has 0 unspecified atom stereocenters. The Hall–Kier alpha value is -1.83. The molecule has 0 atom stereocenters. The second-order valence-electron chi connectivity index (χ2n) is 2.57. The van der Waals surface area contributed by atoms with Crippen molar-refractivity contribution in [2.45, 2.75) is 0 Å². The van der Waals surface area contributed by atoms with E-state index >= 15 is 0 Å². The second kappa shape index (κ2) is 4.60. The molecule has 0 heterocycles. The summed E-state index contributed by atoms with van der Waals surface area (Å²) < 4.78 is 10.2. The van der Waals surface area contributed by atoms with Crippen molar-refractivity contribution in [3.8, 4) is 5.63 Å². The van der Waals surface area contributed by atoms with Gasteiger partial charge in [-0.15, -0.1) is 0 Å². The van der Waals surface area contributed by atoms with Crippen LogP contribution in [0.2, 0.25) is 0 Å². The maximum absolute atomic E-state index is 10.7. The molecule has 0 aliphatic rings. The monoisotopic (exact) mass is 224 g/mol. The Balaban J connectivity index is 3.44. The van der Waals surface area contributed by atoms with Crippen molar-refractivity contribution in [3.63, 3.8) is 0 Å². The molecule has 5 nitrogen and oxygen atoms in total. The van der Waals surface area contributed by atoms with Crippen LogP contribution in [0, 0.1) is 5.63 Å². The minimum absolute atomic E-state index is 0.101. The normalized spacial score (nSPS) is 9.07. The van der Waals surface area contributed by atoms with Gasteiger partial charge < -0.3 is 0 Å². The molecule has 6 heteroatoms. The molecule has 0 spiro atoms. The number of rotatable bonds is 2. The van der Waals surface area contributed by atoms with Crippen molar-refractivity contribution in [2.75, 3.05) is 0 Å². The van der Waals surface area contributed by atoms with Crippen LogP contribution in [-0.4, -0.2) is 22.2 Å². The summed E-state index contributed by atoms with van der Waals surface area (Å²) in [6, 6.07) is 3.47. The number of carboxylic acid groups (broad SMARTS) is 2. The molecule has 1 aromatic carbocycles. The van der Waals surface area contributed by atoms with Crippen LogP contribution in [0.4, 0.5) is 0 Å². The summed E-state index contributed by atoms with van der Waals surface area (Å²) in [7, 11) is -0.453. The minimum atomic E-state index is -1.29. The summed E-state index contributed by atoms with van der Waals surface area (Å²) >= 11 is 0. The molecule has 0 bridgehead atoms.